The van der Waals surface area contributed by atoms with Crippen molar-refractivity contribution in [3.63, 3.8) is 0 Å². The summed E-state index contributed by atoms with van der Waals surface area (Å²) in [5.41, 5.74) is 0. The van der Waals surface area contributed by atoms with Crippen LogP contribution < -0.4 is 10.1 Å². The van der Waals surface area contributed by atoms with Gasteiger partial charge in [0.05, 0.1) is 0 Å². The van der Waals surface area contributed by atoms with Gasteiger partial charge in [-0.15, -0.1) is 0 Å². The van der Waals surface area contributed by atoms with Crippen LogP contribution in [-0.4, -0.2) is 47.1 Å². The summed E-state index contributed by atoms with van der Waals surface area (Å²) in [4.78, 5) is 21.1. The second-order valence-electron chi connectivity index (χ2n) is 3.49. The van der Waals surface area contributed by atoms with Gasteiger partial charge in [0.1, 0.15) is 0 Å². The number of ether oxygens (including phenoxy) is 1. The van der Waals surface area contributed by atoms with Gasteiger partial charge in [0.2, 0.25) is 0 Å². The molecule has 0 unspecified atom stereocenters. The Morgan fingerprint density at radius 2 is 2.12 bits per heavy atom. The SMILES string of the molecule is O=C(Oc1ncccn1)N1CCCNCC1. The third-order valence-corrected chi connectivity index (χ3v) is 2.32. The van der Waals surface area contributed by atoms with Gasteiger partial charge in [-0.05, 0) is 19.0 Å². The van der Waals surface area contributed by atoms with Crippen LogP contribution in [0.2, 0.25) is 0 Å². The maximum absolute atomic E-state index is 11.7. The summed E-state index contributed by atoms with van der Waals surface area (Å²) < 4.78 is 5.05. The minimum Gasteiger partial charge on any atom is -0.374 e. The maximum atomic E-state index is 11.7. The Hall–Kier alpha value is -1.69. The predicted molar refractivity (Wildman–Crippen MR) is 57.1 cm³/mol. The van der Waals surface area contributed by atoms with Gasteiger partial charge in [0.25, 0.3) is 0 Å². The normalized spacial score (nSPS) is 16.6. The number of aromatic nitrogens is 2. The number of nitrogens with zero attached hydrogens (tertiary/aromatic N) is 3. The summed E-state index contributed by atoms with van der Waals surface area (Å²) in [7, 11) is 0. The Morgan fingerprint density at radius 1 is 1.31 bits per heavy atom. The van der Waals surface area contributed by atoms with Gasteiger partial charge in [-0.2, -0.15) is 0 Å². The summed E-state index contributed by atoms with van der Waals surface area (Å²) in [6.07, 6.45) is 3.64. The fourth-order valence-corrected chi connectivity index (χ4v) is 1.51. The Kier molecular flexibility index (Phi) is 3.66. The number of amides is 1. The van der Waals surface area contributed by atoms with Crippen molar-refractivity contribution in [2.45, 2.75) is 6.42 Å². The molecule has 1 aliphatic heterocycles. The molecule has 86 valence electrons. The number of hydrogen-bond donors (Lipinski definition) is 1. The average molecular weight is 222 g/mol. The van der Waals surface area contributed by atoms with Gasteiger partial charge in [-0.1, -0.05) is 0 Å². The lowest BCUT2D eigenvalue weighted by atomic mass is 10.4. The molecule has 1 aromatic heterocycles. The summed E-state index contributed by atoms with van der Waals surface area (Å²) >= 11 is 0. The van der Waals surface area contributed by atoms with E-state index < -0.39 is 0 Å². The molecule has 0 aromatic carbocycles. The van der Waals surface area contributed by atoms with Crippen molar-refractivity contribution < 1.29 is 9.53 Å². The Balaban J connectivity index is 1.92. The molecule has 0 bridgehead atoms. The zero-order chi connectivity index (χ0) is 11.2. The number of nitrogens with one attached hydrogen (secondary N) is 1. The van der Waals surface area contributed by atoms with Crippen LogP contribution in [0.15, 0.2) is 18.5 Å². The van der Waals surface area contributed by atoms with Crippen molar-refractivity contribution in [2.75, 3.05) is 26.2 Å². The highest BCUT2D eigenvalue weighted by molar-refractivity contribution is 5.69. The van der Waals surface area contributed by atoms with E-state index in [2.05, 4.69) is 15.3 Å². The Morgan fingerprint density at radius 3 is 2.94 bits per heavy atom. The van der Waals surface area contributed by atoms with Crippen molar-refractivity contribution in [3.8, 4) is 6.01 Å². The molecule has 1 aliphatic rings. The molecule has 1 fully saturated rings. The van der Waals surface area contributed by atoms with E-state index in [0.717, 1.165) is 19.5 Å². The molecular weight excluding hydrogens is 208 g/mol. The summed E-state index contributed by atoms with van der Waals surface area (Å²) in [6.45, 7) is 3.10. The summed E-state index contributed by atoms with van der Waals surface area (Å²) in [6, 6.07) is 1.78. The van der Waals surface area contributed by atoms with Crippen LogP contribution in [0.5, 0.6) is 6.01 Å². The molecule has 6 heteroatoms. The molecular formula is C10H14N4O2. The van der Waals surface area contributed by atoms with Gasteiger partial charge in [0.15, 0.2) is 0 Å². The van der Waals surface area contributed by atoms with E-state index in [1.807, 2.05) is 0 Å². The molecule has 1 amide bonds. The van der Waals surface area contributed by atoms with E-state index in [-0.39, 0.29) is 12.1 Å². The van der Waals surface area contributed by atoms with Crippen molar-refractivity contribution in [1.29, 1.82) is 0 Å². The monoisotopic (exact) mass is 222 g/mol. The number of carbonyl (C=O) groups excluding carboxylic acids is 1. The van der Waals surface area contributed by atoms with E-state index in [4.69, 9.17) is 4.74 Å². The fraction of sp³-hybridized carbons (Fsp3) is 0.500. The van der Waals surface area contributed by atoms with Crippen molar-refractivity contribution in [2.24, 2.45) is 0 Å². The molecule has 2 rings (SSSR count). The maximum Gasteiger partial charge on any atom is 0.417 e. The van der Waals surface area contributed by atoms with Crippen molar-refractivity contribution in [1.82, 2.24) is 20.2 Å². The van der Waals surface area contributed by atoms with E-state index in [0.29, 0.717) is 13.1 Å². The highest BCUT2D eigenvalue weighted by atomic mass is 16.6. The lowest BCUT2D eigenvalue weighted by Crippen LogP contribution is -2.36. The fourth-order valence-electron chi connectivity index (χ4n) is 1.51. The highest BCUT2D eigenvalue weighted by Crippen LogP contribution is 2.03. The Labute approximate surface area is 93.6 Å². The van der Waals surface area contributed by atoms with Crippen molar-refractivity contribution in [3.05, 3.63) is 18.5 Å². The molecule has 1 aromatic rings. The second-order valence-corrected chi connectivity index (χ2v) is 3.49. The predicted octanol–water partition coefficient (Wildman–Crippen LogP) is 0.271. The second kappa shape index (κ2) is 5.41. The first-order chi connectivity index (χ1) is 7.86. The van der Waals surface area contributed by atoms with Crippen molar-refractivity contribution >= 4 is 6.09 Å². The molecule has 1 saturated heterocycles. The molecule has 2 heterocycles. The highest BCUT2D eigenvalue weighted by Gasteiger charge is 2.17. The molecule has 0 spiro atoms. The molecule has 6 nitrogen and oxygen atoms in total. The molecule has 1 N–H and O–H groups in total. The summed E-state index contributed by atoms with van der Waals surface area (Å²) in [5.74, 6) is 0. The van der Waals surface area contributed by atoms with Crippen LogP contribution in [0.4, 0.5) is 4.79 Å². The Bertz CT molecular complexity index is 336. The van der Waals surface area contributed by atoms with Gasteiger partial charge in [-0.25, -0.2) is 14.8 Å². The zero-order valence-corrected chi connectivity index (χ0v) is 8.93. The van der Waals surface area contributed by atoms with Gasteiger partial charge in [-0.3, -0.25) is 0 Å². The quantitative estimate of drug-likeness (QED) is 0.738. The van der Waals surface area contributed by atoms with Gasteiger partial charge < -0.3 is 15.0 Å². The lowest BCUT2D eigenvalue weighted by Gasteiger charge is -2.18. The topological polar surface area (TPSA) is 67.3 Å². The van der Waals surface area contributed by atoms with Gasteiger partial charge in [0, 0.05) is 32.0 Å². The third-order valence-electron chi connectivity index (χ3n) is 2.32. The van der Waals surface area contributed by atoms with E-state index in [1.54, 1.807) is 23.4 Å². The average Bonchev–Trinajstić information content (AvgIpc) is 2.59. The molecule has 16 heavy (non-hydrogen) atoms. The van der Waals surface area contributed by atoms with E-state index >= 15 is 0 Å². The van der Waals surface area contributed by atoms with Crippen LogP contribution in [0.25, 0.3) is 0 Å². The van der Waals surface area contributed by atoms with Crippen LogP contribution in [-0.2, 0) is 0 Å². The lowest BCUT2D eigenvalue weighted by molar-refractivity contribution is 0.151. The first-order valence-electron chi connectivity index (χ1n) is 5.31. The van der Waals surface area contributed by atoms with E-state index in [1.165, 1.54) is 0 Å². The number of rotatable bonds is 1. The zero-order valence-electron chi connectivity index (χ0n) is 8.93. The molecule has 0 aliphatic carbocycles. The minimum absolute atomic E-state index is 0.102. The van der Waals surface area contributed by atoms with Crippen LogP contribution in [0.3, 0.4) is 0 Å². The number of carbonyl (C=O) groups is 1. The van der Waals surface area contributed by atoms with Crippen LogP contribution >= 0.6 is 0 Å². The first kappa shape index (κ1) is 10.8. The molecule has 0 atom stereocenters. The first-order valence-corrected chi connectivity index (χ1v) is 5.31. The third kappa shape index (κ3) is 2.90. The molecule has 0 radical (unpaired) electrons. The van der Waals surface area contributed by atoms with Gasteiger partial charge >= 0.3 is 12.1 Å². The largest absolute Gasteiger partial charge is 0.417 e. The van der Waals surface area contributed by atoms with Crippen LogP contribution in [0.1, 0.15) is 6.42 Å². The number of hydrogen-bond acceptors (Lipinski definition) is 5. The minimum atomic E-state index is -0.380. The molecule has 0 saturated carbocycles. The smallest absolute Gasteiger partial charge is 0.374 e. The summed E-state index contributed by atoms with van der Waals surface area (Å²) in [5, 5.41) is 3.22. The van der Waals surface area contributed by atoms with Crippen LogP contribution in [0, 0.1) is 0 Å². The van der Waals surface area contributed by atoms with E-state index in [9.17, 15) is 4.79 Å². The standard InChI is InChI=1S/C10H14N4O2/c15-10(14-7-2-3-11-6-8-14)16-9-12-4-1-5-13-9/h1,4-5,11H,2-3,6-8H2.